The van der Waals surface area contributed by atoms with Crippen LogP contribution in [-0.4, -0.2) is 28.4 Å². The van der Waals surface area contributed by atoms with Crippen LogP contribution < -0.4 is 10.7 Å². The first-order valence-corrected chi connectivity index (χ1v) is 7.73. The third-order valence-corrected chi connectivity index (χ3v) is 4.49. The highest BCUT2D eigenvalue weighted by Crippen LogP contribution is 2.33. The molecule has 1 aliphatic carbocycles. The number of halogens is 2. The maximum atomic E-state index is 13.8. The lowest BCUT2D eigenvalue weighted by molar-refractivity contribution is -0.134. The summed E-state index contributed by atoms with van der Waals surface area (Å²) in [6.07, 6.45) is 3.75. The monoisotopic (exact) mass is 339 g/mol. The van der Waals surface area contributed by atoms with Gasteiger partial charge in [0.25, 0.3) is 11.8 Å². The fourth-order valence-electron chi connectivity index (χ4n) is 3.05. The Morgan fingerprint density at radius 3 is 2.61 bits per heavy atom. The molecular weight excluding hydrogens is 325 g/mol. The summed E-state index contributed by atoms with van der Waals surface area (Å²) in [5, 5.41) is 3.45. The van der Waals surface area contributed by atoms with Crippen molar-refractivity contribution in [2.75, 3.05) is 0 Å². The molecule has 1 spiro atoms. The second-order valence-electron chi connectivity index (χ2n) is 5.78. The van der Waals surface area contributed by atoms with Crippen LogP contribution in [-0.2, 0) is 4.79 Å². The summed E-state index contributed by atoms with van der Waals surface area (Å²) in [7, 11) is 0. The summed E-state index contributed by atoms with van der Waals surface area (Å²) in [5.41, 5.74) is 0.941. The Morgan fingerprint density at radius 1 is 1.26 bits per heavy atom. The van der Waals surface area contributed by atoms with E-state index in [-0.39, 0.29) is 10.6 Å². The number of hydrogen-bond acceptors (Lipinski definition) is 3. The quantitative estimate of drug-likeness (QED) is 0.812. The van der Waals surface area contributed by atoms with Gasteiger partial charge >= 0.3 is 6.03 Å². The molecule has 2 N–H and O–H groups in total. The van der Waals surface area contributed by atoms with Gasteiger partial charge in [-0.3, -0.25) is 15.0 Å². The van der Waals surface area contributed by atoms with Crippen molar-refractivity contribution < 1.29 is 18.8 Å². The van der Waals surface area contributed by atoms with Crippen LogP contribution in [0.4, 0.5) is 9.18 Å². The maximum Gasteiger partial charge on any atom is 0.344 e. The molecule has 1 saturated carbocycles. The first kappa shape index (κ1) is 15.7. The van der Waals surface area contributed by atoms with E-state index in [2.05, 4.69) is 10.7 Å². The van der Waals surface area contributed by atoms with E-state index in [9.17, 15) is 18.8 Å². The highest BCUT2D eigenvalue weighted by Gasteiger charge is 2.52. The Labute approximate surface area is 136 Å². The molecule has 0 atom stereocenters. The predicted octanol–water partition coefficient (Wildman–Crippen LogP) is 2.38. The van der Waals surface area contributed by atoms with E-state index >= 15 is 0 Å². The lowest BCUT2D eigenvalue weighted by atomic mass is 9.82. The van der Waals surface area contributed by atoms with Crippen molar-refractivity contribution in [1.29, 1.82) is 0 Å². The van der Waals surface area contributed by atoms with Crippen LogP contribution in [0, 0.1) is 5.82 Å². The highest BCUT2D eigenvalue weighted by atomic mass is 35.5. The smallest absolute Gasteiger partial charge is 0.322 e. The zero-order chi connectivity index (χ0) is 16.6. The largest absolute Gasteiger partial charge is 0.344 e. The summed E-state index contributed by atoms with van der Waals surface area (Å²) in [5.74, 6) is -2.20. The molecule has 4 amide bonds. The van der Waals surface area contributed by atoms with Crippen LogP contribution >= 0.6 is 11.6 Å². The Kier molecular flexibility index (Phi) is 3.97. The number of nitrogens with zero attached hydrogens (tertiary/aromatic N) is 1. The topological polar surface area (TPSA) is 78.5 Å². The van der Waals surface area contributed by atoms with Gasteiger partial charge in [-0.05, 0) is 31.0 Å². The lowest BCUT2D eigenvalue weighted by Crippen LogP contribution is -2.51. The summed E-state index contributed by atoms with van der Waals surface area (Å²) in [6.45, 7) is 0. The maximum absolute atomic E-state index is 13.8. The minimum absolute atomic E-state index is 0.148. The van der Waals surface area contributed by atoms with Crippen LogP contribution in [0.25, 0.3) is 0 Å². The average molecular weight is 340 g/mol. The summed E-state index contributed by atoms with van der Waals surface area (Å²) >= 11 is 5.64. The van der Waals surface area contributed by atoms with E-state index < -0.39 is 29.2 Å². The molecule has 23 heavy (non-hydrogen) atoms. The van der Waals surface area contributed by atoms with Gasteiger partial charge in [-0.25, -0.2) is 9.18 Å². The number of benzene rings is 1. The first-order valence-electron chi connectivity index (χ1n) is 7.36. The van der Waals surface area contributed by atoms with Crippen LogP contribution in [0.3, 0.4) is 0 Å². The molecule has 0 bridgehead atoms. The van der Waals surface area contributed by atoms with Gasteiger partial charge in [0.05, 0.1) is 5.56 Å². The number of urea groups is 1. The number of rotatable bonds is 2. The van der Waals surface area contributed by atoms with E-state index in [1.165, 1.54) is 12.1 Å². The minimum Gasteiger partial charge on any atom is -0.322 e. The van der Waals surface area contributed by atoms with Gasteiger partial charge in [0, 0.05) is 5.02 Å². The zero-order valence-electron chi connectivity index (χ0n) is 12.2. The number of amides is 4. The van der Waals surface area contributed by atoms with Crippen molar-refractivity contribution in [1.82, 2.24) is 15.8 Å². The molecule has 2 aliphatic rings. The van der Waals surface area contributed by atoms with Gasteiger partial charge in [0.2, 0.25) is 0 Å². The van der Waals surface area contributed by atoms with E-state index in [0.29, 0.717) is 17.9 Å². The summed E-state index contributed by atoms with van der Waals surface area (Å²) in [6, 6.07) is 2.85. The Balaban J connectivity index is 1.78. The van der Waals surface area contributed by atoms with Crippen molar-refractivity contribution in [2.24, 2.45) is 0 Å². The predicted molar refractivity (Wildman–Crippen MR) is 80.1 cm³/mol. The summed E-state index contributed by atoms with van der Waals surface area (Å²) in [4.78, 5) is 36.7. The number of hydrazine groups is 1. The van der Waals surface area contributed by atoms with E-state index in [0.717, 1.165) is 25.3 Å². The molecule has 0 aromatic heterocycles. The number of nitrogens with one attached hydrogen (secondary N) is 2. The van der Waals surface area contributed by atoms with Gasteiger partial charge in [0.1, 0.15) is 11.4 Å². The fraction of sp³-hybridized carbons (Fsp3) is 0.400. The third-order valence-electron chi connectivity index (χ3n) is 4.26. The van der Waals surface area contributed by atoms with Crippen molar-refractivity contribution in [2.45, 2.75) is 37.6 Å². The normalized spacial score (nSPS) is 19.8. The fourth-order valence-corrected chi connectivity index (χ4v) is 3.21. The molecule has 1 aromatic rings. The van der Waals surface area contributed by atoms with E-state index in [1.807, 2.05) is 0 Å². The zero-order valence-corrected chi connectivity index (χ0v) is 13.0. The molecule has 0 radical (unpaired) electrons. The number of hydrogen-bond donors (Lipinski definition) is 2. The Morgan fingerprint density at radius 2 is 1.96 bits per heavy atom. The van der Waals surface area contributed by atoms with Crippen LogP contribution in [0.1, 0.15) is 42.5 Å². The molecule has 1 heterocycles. The van der Waals surface area contributed by atoms with Gasteiger partial charge in [-0.1, -0.05) is 30.9 Å². The molecule has 1 aliphatic heterocycles. The number of carbonyl (C=O) groups excluding carboxylic acids is 3. The van der Waals surface area contributed by atoms with Crippen molar-refractivity contribution >= 4 is 29.4 Å². The lowest BCUT2D eigenvalue weighted by Gasteiger charge is -2.30. The summed E-state index contributed by atoms with van der Waals surface area (Å²) < 4.78 is 13.8. The van der Waals surface area contributed by atoms with Crippen molar-refractivity contribution in [3.63, 3.8) is 0 Å². The standard InChI is InChI=1S/C15H15ClFN3O3/c16-9-4-5-10(11(17)8-9)12(21)19-20-13(22)15(18-14(20)23)6-2-1-3-7-15/h4-5,8H,1-3,6-7H2,(H,18,23)(H,19,21). The molecule has 1 aromatic carbocycles. The van der Waals surface area contributed by atoms with Gasteiger partial charge in [-0.15, -0.1) is 0 Å². The van der Waals surface area contributed by atoms with Gasteiger partial charge in [0.15, 0.2) is 0 Å². The van der Waals surface area contributed by atoms with Gasteiger partial charge < -0.3 is 5.32 Å². The molecule has 8 heteroatoms. The van der Waals surface area contributed by atoms with Crippen LogP contribution in [0.15, 0.2) is 18.2 Å². The van der Waals surface area contributed by atoms with E-state index in [1.54, 1.807) is 0 Å². The van der Waals surface area contributed by atoms with Gasteiger partial charge in [-0.2, -0.15) is 5.01 Å². The van der Waals surface area contributed by atoms with Crippen LogP contribution in [0.5, 0.6) is 0 Å². The van der Waals surface area contributed by atoms with Crippen molar-refractivity contribution in [3.05, 3.63) is 34.6 Å². The second-order valence-corrected chi connectivity index (χ2v) is 6.22. The average Bonchev–Trinajstić information content (AvgIpc) is 2.72. The molecule has 6 nitrogen and oxygen atoms in total. The highest BCUT2D eigenvalue weighted by molar-refractivity contribution is 6.30. The Bertz CT molecular complexity index is 689. The molecule has 122 valence electrons. The molecule has 1 saturated heterocycles. The molecule has 3 rings (SSSR count). The van der Waals surface area contributed by atoms with Crippen molar-refractivity contribution in [3.8, 4) is 0 Å². The molecule has 2 fully saturated rings. The minimum atomic E-state index is -0.943. The Hall–Kier alpha value is -2.15. The first-order chi connectivity index (χ1) is 10.9. The van der Waals surface area contributed by atoms with Crippen LogP contribution in [0.2, 0.25) is 5.02 Å². The second kappa shape index (κ2) is 5.81. The third kappa shape index (κ3) is 2.76. The number of imide groups is 1. The molecular formula is C15H15ClFN3O3. The SMILES string of the molecule is O=C(NN1C(=O)NC2(CCCCC2)C1=O)c1ccc(Cl)cc1F. The number of carbonyl (C=O) groups is 3. The molecule has 0 unspecified atom stereocenters. The van der Waals surface area contributed by atoms with E-state index in [4.69, 9.17) is 11.6 Å².